The minimum atomic E-state index is 0.411. The van der Waals surface area contributed by atoms with Crippen LogP contribution in [0.2, 0.25) is 0 Å². The summed E-state index contributed by atoms with van der Waals surface area (Å²) in [6.45, 7) is 5.49. The maximum absolute atomic E-state index is 3.59. The van der Waals surface area contributed by atoms with Gasteiger partial charge in [0, 0.05) is 28.0 Å². The number of thiophene rings is 1. The molecule has 4 heteroatoms. The Labute approximate surface area is 105 Å². The van der Waals surface area contributed by atoms with Crippen LogP contribution in [0.5, 0.6) is 0 Å². The lowest BCUT2D eigenvalue weighted by Crippen LogP contribution is -2.37. The zero-order valence-electron chi connectivity index (χ0n) is 9.75. The Bertz CT molecular complexity index is 299. The molecule has 0 aliphatic heterocycles. The molecule has 86 valence electrons. The van der Waals surface area contributed by atoms with Gasteiger partial charge in [0.25, 0.3) is 0 Å². The first-order chi connectivity index (χ1) is 7.00. The highest BCUT2D eigenvalue weighted by atomic mass is 79.9. The predicted molar refractivity (Wildman–Crippen MR) is 71.6 cm³/mol. The third kappa shape index (κ3) is 4.23. The van der Waals surface area contributed by atoms with Gasteiger partial charge in [0.2, 0.25) is 0 Å². The second kappa shape index (κ2) is 5.99. The van der Waals surface area contributed by atoms with Crippen LogP contribution < -0.4 is 5.32 Å². The van der Waals surface area contributed by atoms with Crippen LogP contribution in [0, 0.1) is 0 Å². The van der Waals surface area contributed by atoms with Crippen LogP contribution in [0.3, 0.4) is 0 Å². The normalized spacial score (nSPS) is 15.6. The van der Waals surface area contributed by atoms with Gasteiger partial charge in [0.15, 0.2) is 0 Å². The van der Waals surface area contributed by atoms with Gasteiger partial charge in [-0.1, -0.05) is 0 Å². The summed E-state index contributed by atoms with van der Waals surface area (Å²) in [7, 11) is 4.20. The standard InChI is InChI=1S/C11H19BrN2S/c1-8(7-14(3)4)13-9(2)11-10(12)5-6-15-11/h5-6,8-9,13H,7H2,1-4H3. The molecule has 2 unspecified atom stereocenters. The molecule has 0 bridgehead atoms. The monoisotopic (exact) mass is 290 g/mol. The number of rotatable bonds is 5. The lowest BCUT2D eigenvalue weighted by atomic mass is 10.2. The first-order valence-electron chi connectivity index (χ1n) is 5.14. The largest absolute Gasteiger partial charge is 0.308 e. The van der Waals surface area contributed by atoms with E-state index in [0.717, 1.165) is 6.54 Å². The first-order valence-corrected chi connectivity index (χ1v) is 6.81. The molecule has 0 spiro atoms. The molecule has 0 aromatic carbocycles. The van der Waals surface area contributed by atoms with E-state index in [1.807, 2.05) is 0 Å². The van der Waals surface area contributed by atoms with Crippen LogP contribution >= 0.6 is 27.3 Å². The van der Waals surface area contributed by atoms with Crippen molar-refractivity contribution in [3.63, 3.8) is 0 Å². The Balaban J connectivity index is 2.49. The van der Waals surface area contributed by atoms with Gasteiger partial charge in [-0.25, -0.2) is 0 Å². The first kappa shape index (κ1) is 13.2. The molecule has 1 aromatic rings. The lowest BCUT2D eigenvalue weighted by molar-refractivity contribution is 0.335. The van der Waals surface area contributed by atoms with Crippen molar-refractivity contribution >= 4 is 27.3 Å². The van der Waals surface area contributed by atoms with Gasteiger partial charge in [-0.3, -0.25) is 0 Å². The Morgan fingerprint density at radius 1 is 1.47 bits per heavy atom. The summed E-state index contributed by atoms with van der Waals surface area (Å²) >= 11 is 5.36. The third-order valence-corrected chi connectivity index (χ3v) is 4.27. The molecule has 1 aromatic heterocycles. The van der Waals surface area contributed by atoms with E-state index in [1.54, 1.807) is 11.3 Å². The molecule has 1 N–H and O–H groups in total. The lowest BCUT2D eigenvalue weighted by Gasteiger charge is -2.22. The topological polar surface area (TPSA) is 15.3 Å². The van der Waals surface area contributed by atoms with Crippen LogP contribution in [-0.2, 0) is 0 Å². The highest BCUT2D eigenvalue weighted by Crippen LogP contribution is 2.28. The Morgan fingerprint density at radius 2 is 2.13 bits per heavy atom. The maximum atomic E-state index is 3.59. The van der Waals surface area contributed by atoms with E-state index >= 15 is 0 Å². The molecule has 0 fully saturated rings. The van der Waals surface area contributed by atoms with Gasteiger partial charge in [-0.15, -0.1) is 11.3 Å². The summed E-state index contributed by atoms with van der Waals surface area (Å²) in [4.78, 5) is 3.58. The SMILES string of the molecule is CC(CN(C)C)NC(C)c1sccc1Br. The summed E-state index contributed by atoms with van der Waals surface area (Å²) in [5, 5.41) is 5.71. The molecule has 1 rings (SSSR count). The number of hydrogen-bond donors (Lipinski definition) is 1. The molecule has 1 heterocycles. The molecule has 0 saturated heterocycles. The number of hydrogen-bond acceptors (Lipinski definition) is 3. The van der Waals surface area contributed by atoms with Crippen molar-refractivity contribution in [3.05, 3.63) is 20.8 Å². The molecule has 15 heavy (non-hydrogen) atoms. The number of nitrogens with zero attached hydrogens (tertiary/aromatic N) is 1. The van der Waals surface area contributed by atoms with Gasteiger partial charge >= 0.3 is 0 Å². The molecular weight excluding hydrogens is 272 g/mol. The molecule has 0 aliphatic rings. The van der Waals surface area contributed by atoms with Crippen LogP contribution in [0.25, 0.3) is 0 Å². The molecular formula is C11H19BrN2S. The van der Waals surface area contributed by atoms with E-state index < -0.39 is 0 Å². The van der Waals surface area contributed by atoms with Gasteiger partial charge in [0.1, 0.15) is 0 Å². The van der Waals surface area contributed by atoms with Crippen LogP contribution in [-0.4, -0.2) is 31.6 Å². The fraction of sp³-hybridized carbons (Fsp3) is 0.636. The molecule has 0 aliphatic carbocycles. The molecule has 0 radical (unpaired) electrons. The number of likely N-dealkylation sites (N-methyl/N-ethyl adjacent to an activating group) is 1. The molecule has 2 atom stereocenters. The summed E-state index contributed by atoms with van der Waals surface area (Å²) in [5.41, 5.74) is 0. The smallest absolute Gasteiger partial charge is 0.0400 e. The average Bonchev–Trinajstić information content (AvgIpc) is 2.49. The highest BCUT2D eigenvalue weighted by molar-refractivity contribution is 9.10. The van der Waals surface area contributed by atoms with E-state index in [0.29, 0.717) is 12.1 Å². The van der Waals surface area contributed by atoms with Crippen LogP contribution in [0.4, 0.5) is 0 Å². The highest BCUT2D eigenvalue weighted by Gasteiger charge is 2.13. The minimum Gasteiger partial charge on any atom is -0.308 e. The third-order valence-electron chi connectivity index (χ3n) is 2.21. The van der Waals surface area contributed by atoms with Crippen molar-refractivity contribution in [2.24, 2.45) is 0 Å². The van der Waals surface area contributed by atoms with Crippen LogP contribution in [0.1, 0.15) is 24.8 Å². The van der Waals surface area contributed by atoms with Crippen LogP contribution in [0.15, 0.2) is 15.9 Å². The summed E-state index contributed by atoms with van der Waals surface area (Å²) in [5.74, 6) is 0. The van der Waals surface area contributed by atoms with Crippen molar-refractivity contribution in [2.75, 3.05) is 20.6 Å². The second-order valence-corrected chi connectivity index (χ2v) is 5.99. The van der Waals surface area contributed by atoms with Crippen molar-refractivity contribution in [1.82, 2.24) is 10.2 Å². The van der Waals surface area contributed by atoms with Crippen molar-refractivity contribution in [3.8, 4) is 0 Å². The van der Waals surface area contributed by atoms with E-state index in [1.165, 1.54) is 9.35 Å². The van der Waals surface area contributed by atoms with Gasteiger partial charge < -0.3 is 10.2 Å². The van der Waals surface area contributed by atoms with E-state index in [4.69, 9.17) is 0 Å². The summed E-state index contributed by atoms with van der Waals surface area (Å²) in [6.07, 6.45) is 0. The van der Waals surface area contributed by atoms with Crippen molar-refractivity contribution in [1.29, 1.82) is 0 Å². The van der Waals surface area contributed by atoms with E-state index in [-0.39, 0.29) is 0 Å². The predicted octanol–water partition coefficient (Wildman–Crippen LogP) is 3.11. The Kier molecular flexibility index (Phi) is 5.26. The van der Waals surface area contributed by atoms with E-state index in [2.05, 4.69) is 65.5 Å². The minimum absolute atomic E-state index is 0.411. The van der Waals surface area contributed by atoms with Gasteiger partial charge in [0.05, 0.1) is 0 Å². The van der Waals surface area contributed by atoms with Gasteiger partial charge in [-0.05, 0) is 55.3 Å². The summed E-state index contributed by atoms with van der Waals surface area (Å²) < 4.78 is 1.21. The zero-order chi connectivity index (χ0) is 11.4. The van der Waals surface area contributed by atoms with Gasteiger partial charge in [-0.2, -0.15) is 0 Å². The number of nitrogens with one attached hydrogen (secondary N) is 1. The molecule has 0 amide bonds. The molecule has 2 nitrogen and oxygen atoms in total. The van der Waals surface area contributed by atoms with E-state index in [9.17, 15) is 0 Å². The number of halogens is 1. The molecule has 0 saturated carbocycles. The summed E-state index contributed by atoms with van der Waals surface area (Å²) in [6, 6.07) is 3.02. The fourth-order valence-corrected chi connectivity index (χ4v) is 3.45. The van der Waals surface area contributed by atoms with Crippen molar-refractivity contribution in [2.45, 2.75) is 25.9 Å². The average molecular weight is 291 g/mol. The fourth-order valence-electron chi connectivity index (χ4n) is 1.72. The van der Waals surface area contributed by atoms with Crippen molar-refractivity contribution < 1.29 is 0 Å². The Morgan fingerprint density at radius 3 is 2.60 bits per heavy atom. The second-order valence-electron chi connectivity index (χ2n) is 4.18. The Hall–Kier alpha value is 0.100. The maximum Gasteiger partial charge on any atom is 0.0400 e. The quantitative estimate of drug-likeness (QED) is 0.896. The zero-order valence-corrected chi connectivity index (χ0v) is 12.2.